The molecule has 1 heterocycles. The topological polar surface area (TPSA) is 24.9 Å². The average Bonchev–Trinajstić information content (AvgIpc) is 2.78. The van der Waals surface area contributed by atoms with Crippen molar-refractivity contribution in [2.24, 2.45) is 0 Å². The maximum Gasteiger partial charge on any atom is 0.184 e. The van der Waals surface area contributed by atoms with Gasteiger partial charge in [-0.2, -0.15) is 0 Å². The van der Waals surface area contributed by atoms with Crippen LogP contribution in [0.3, 0.4) is 0 Å². The Bertz CT molecular complexity index is 716. The van der Waals surface area contributed by atoms with E-state index in [2.05, 4.69) is 66.6 Å². The van der Waals surface area contributed by atoms with Crippen LogP contribution in [-0.4, -0.2) is 4.98 Å². The quantitative estimate of drug-likeness (QED) is 0.755. The van der Waals surface area contributed by atoms with Gasteiger partial charge in [-0.25, -0.2) is 4.98 Å². The fourth-order valence-electron chi connectivity index (χ4n) is 2.11. The Labute approximate surface area is 117 Å². The monoisotopic (exact) mass is 268 g/mol. The highest BCUT2D eigenvalue weighted by atomic mass is 32.1. The molecule has 0 saturated heterocycles. The average molecular weight is 268 g/mol. The molecule has 2 nitrogen and oxygen atoms in total. The molecule has 0 bridgehead atoms. The Morgan fingerprint density at radius 2 is 1.89 bits per heavy atom. The van der Waals surface area contributed by atoms with E-state index in [0.717, 1.165) is 17.2 Å². The van der Waals surface area contributed by atoms with Crippen LogP contribution in [0.5, 0.6) is 0 Å². The number of benzene rings is 2. The summed E-state index contributed by atoms with van der Waals surface area (Å²) in [4.78, 5) is 4.62. The molecule has 0 amide bonds. The van der Waals surface area contributed by atoms with Crippen molar-refractivity contribution in [3.05, 3.63) is 59.2 Å². The first-order valence-electron chi connectivity index (χ1n) is 6.37. The molecule has 1 N–H and O–H groups in total. The second-order valence-electron chi connectivity index (χ2n) is 4.83. The predicted molar refractivity (Wildman–Crippen MR) is 82.9 cm³/mol. The number of aromatic nitrogens is 1. The zero-order valence-electron chi connectivity index (χ0n) is 11.1. The molecule has 0 aliphatic carbocycles. The lowest BCUT2D eigenvalue weighted by Crippen LogP contribution is -1.98. The number of nitrogens with one attached hydrogen (secondary N) is 1. The number of hydrogen-bond donors (Lipinski definition) is 1. The van der Waals surface area contributed by atoms with Crippen LogP contribution in [0.2, 0.25) is 0 Å². The van der Waals surface area contributed by atoms with E-state index in [1.807, 2.05) is 0 Å². The minimum Gasteiger partial charge on any atom is -0.357 e. The van der Waals surface area contributed by atoms with Gasteiger partial charge in [-0.15, -0.1) is 0 Å². The van der Waals surface area contributed by atoms with Crippen LogP contribution in [0.1, 0.15) is 16.7 Å². The van der Waals surface area contributed by atoms with Crippen molar-refractivity contribution in [2.75, 3.05) is 5.32 Å². The van der Waals surface area contributed by atoms with E-state index in [4.69, 9.17) is 0 Å². The van der Waals surface area contributed by atoms with Crippen LogP contribution >= 0.6 is 11.3 Å². The third-order valence-corrected chi connectivity index (χ3v) is 4.06. The highest BCUT2D eigenvalue weighted by molar-refractivity contribution is 7.22. The first kappa shape index (κ1) is 12.2. The Kier molecular flexibility index (Phi) is 3.22. The van der Waals surface area contributed by atoms with Gasteiger partial charge in [0.1, 0.15) is 0 Å². The number of thiazole rings is 1. The molecule has 3 aromatic rings. The number of hydrogen-bond acceptors (Lipinski definition) is 3. The lowest BCUT2D eigenvalue weighted by atomic mass is 10.1. The maximum atomic E-state index is 4.62. The fourth-order valence-corrected chi connectivity index (χ4v) is 2.95. The normalized spacial score (nSPS) is 10.8. The van der Waals surface area contributed by atoms with E-state index < -0.39 is 0 Å². The van der Waals surface area contributed by atoms with Gasteiger partial charge >= 0.3 is 0 Å². The molecule has 0 radical (unpaired) electrons. The molecule has 0 saturated carbocycles. The third-order valence-electron chi connectivity index (χ3n) is 3.07. The minimum atomic E-state index is 0.820. The highest BCUT2D eigenvalue weighted by Crippen LogP contribution is 2.26. The highest BCUT2D eigenvalue weighted by Gasteiger charge is 2.03. The number of nitrogens with zero attached hydrogens (tertiary/aromatic N) is 1. The molecule has 0 spiro atoms. The number of fused-ring (bicyclic) bond motifs is 1. The van der Waals surface area contributed by atoms with Crippen LogP contribution in [-0.2, 0) is 6.54 Å². The molecule has 0 aliphatic rings. The van der Waals surface area contributed by atoms with Crippen LogP contribution in [0.15, 0.2) is 42.5 Å². The molecule has 96 valence electrons. The molecule has 2 aromatic carbocycles. The standard InChI is InChI=1S/C16H16N2S/c1-11-4-3-5-13(8-11)10-17-16-18-14-9-12(2)6-7-15(14)19-16/h3-9H,10H2,1-2H3,(H,17,18). The van der Waals surface area contributed by atoms with Gasteiger partial charge in [0.15, 0.2) is 5.13 Å². The molecule has 3 heteroatoms. The lowest BCUT2D eigenvalue weighted by molar-refractivity contribution is 1.13. The number of rotatable bonds is 3. The van der Waals surface area contributed by atoms with Crippen LogP contribution in [0, 0.1) is 13.8 Å². The predicted octanol–water partition coefficient (Wildman–Crippen LogP) is 4.53. The summed E-state index contributed by atoms with van der Waals surface area (Å²) in [6.45, 7) is 5.03. The van der Waals surface area contributed by atoms with E-state index in [0.29, 0.717) is 0 Å². The number of aryl methyl sites for hydroxylation is 2. The third kappa shape index (κ3) is 2.76. The summed E-state index contributed by atoms with van der Waals surface area (Å²) in [6, 6.07) is 14.9. The minimum absolute atomic E-state index is 0.820. The van der Waals surface area contributed by atoms with Gasteiger partial charge in [-0.1, -0.05) is 47.2 Å². The van der Waals surface area contributed by atoms with Gasteiger partial charge in [0.05, 0.1) is 10.2 Å². The van der Waals surface area contributed by atoms with Gasteiger partial charge < -0.3 is 5.32 Å². The molecule has 0 aliphatic heterocycles. The number of anilines is 1. The Balaban J connectivity index is 1.78. The second kappa shape index (κ2) is 5.02. The van der Waals surface area contributed by atoms with E-state index in [-0.39, 0.29) is 0 Å². The summed E-state index contributed by atoms with van der Waals surface area (Å²) in [5, 5.41) is 4.39. The first-order chi connectivity index (χ1) is 9.20. The Hall–Kier alpha value is -1.87. The van der Waals surface area contributed by atoms with Gasteiger partial charge in [0.25, 0.3) is 0 Å². The van der Waals surface area contributed by atoms with E-state index >= 15 is 0 Å². The van der Waals surface area contributed by atoms with E-state index in [9.17, 15) is 0 Å². The Morgan fingerprint density at radius 1 is 1.05 bits per heavy atom. The fraction of sp³-hybridized carbons (Fsp3) is 0.188. The smallest absolute Gasteiger partial charge is 0.184 e. The molecule has 0 atom stereocenters. The molecule has 1 aromatic heterocycles. The zero-order valence-corrected chi connectivity index (χ0v) is 11.9. The second-order valence-corrected chi connectivity index (χ2v) is 5.86. The summed E-state index contributed by atoms with van der Waals surface area (Å²) >= 11 is 1.71. The van der Waals surface area contributed by atoms with Crippen molar-refractivity contribution in [3.8, 4) is 0 Å². The summed E-state index contributed by atoms with van der Waals surface area (Å²) in [5.41, 5.74) is 4.91. The molecule has 0 unspecified atom stereocenters. The summed E-state index contributed by atoms with van der Waals surface area (Å²) in [7, 11) is 0. The van der Waals surface area contributed by atoms with Crippen molar-refractivity contribution < 1.29 is 0 Å². The molecule has 0 fully saturated rings. The van der Waals surface area contributed by atoms with E-state index in [1.165, 1.54) is 21.4 Å². The molecular weight excluding hydrogens is 252 g/mol. The lowest BCUT2D eigenvalue weighted by Gasteiger charge is -2.03. The van der Waals surface area contributed by atoms with Crippen molar-refractivity contribution in [1.29, 1.82) is 0 Å². The largest absolute Gasteiger partial charge is 0.357 e. The molecule has 3 rings (SSSR count). The van der Waals surface area contributed by atoms with Gasteiger partial charge in [0.2, 0.25) is 0 Å². The van der Waals surface area contributed by atoms with Gasteiger partial charge in [-0.3, -0.25) is 0 Å². The first-order valence-corrected chi connectivity index (χ1v) is 7.19. The summed E-state index contributed by atoms with van der Waals surface area (Å²) in [5.74, 6) is 0. The van der Waals surface area contributed by atoms with Gasteiger partial charge in [-0.05, 0) is 37.1 Å². The van der Waals surface area contributed by atoms with Crippen molar-refractivity contribution >= 4 is 26.7 Å². The summed E-state index contributed by atoms with van der Waals surface area (Å²) < 4.78 is 1.23. The van der Waals surface area contributed by atoms with Crippen LogP contribution in [0.4, 0.5) is 5.13 Å². The molecular formula is C16H16N2S. The van der Waals surface area contributed by atoms with Crippen LogP contribution in [0.25, 0.3) is 10.2 Å². The maximum absolute atomic E-state index is 4.62. The van der Waals surface area contributed by atoms with Crippen molar-refractivity contribution in [2.45, 2.75) is 20.4 Å². The SMILES string of the molecule is Cc1cccc(CNc2nc3cc(C)ccc3s2)c1. The summed E-state index contributed by atoms with van der Waals surface area (Å²) in [6.07, 6.45) is 0. The molecule has 19 heavy (non-hydrogen) atoms. The van der Waals surface area contributed by atoms with Gasteiger partial charge in [0, 0.05) is 6.54 Å². The zero-order chi connectivity index (χ0) is 13.2. The van der Waals surface area contributed by atoms with Crippen molar-refractivity contribution in [3.63, 3.8) is 0 Å². The Morgan fingerprint density at radius 3 is 2.74 bits per heavy atom. The van der Waals surface area contributed by atoms with Crippen molar-refractivity contribution in [1.82, 2.24) is 4.98 Å². The van der Waals surface area contributed by atoms with Crippen LogP contribution < -0.4 is 5.32 Å². The van der Waals surface area contributed by atoms with E-state index in [1.54, 1.807) is 11.3 Å².